The van der Waals surface area contributed by atoms with Crippen LogP contribution in [0.5, 0.6) is 0 Å². The van der Waals surface area contributed by atoms with Gasteiger partial charge in [-0.3, -0.25) is 4.79 Å². The lowest BCUT2D eigenvalue weighted by atomic mass is 9.94. The topological polar surface area (TPSA) is 66.6 Å². The number of nitrogens with two attached hydrogens (primary N) is 1. The van der Waals surface area contributed by atoms with Gasteiger partial charge in [-0.05, 0) is 31.7 Å². The molecule has 1 unspecified atom stereocenters. The molecule has 1 amide bonds. The Morgan fingerprint density at radius 1 is 1.44 bits per heavy atom. The molecule has 0 rings (SSSR count). The Bertz CT molecular complexity index is 195. The summed E-state index contributed by atoms with van der Waals surface area (Å²) in [4.78, 5) is 13.6. The van der Waals surface area contributed by atoms with Crippen LogP contribution in [0, 0.1) is 11.8 Å². The van der Waals surface area contributed by atoms with E-state index in [1.807, 2.05) is 6.92 Å². The zero-order valence-electron chi connectivity index (χ0n) is 10.8. The molecule has 0 saturated heterocycles. The number of hydrogen-bond acceptors (Lipinski definition) is 3. The molecule has 0 aliphatic heterocycles. The molecule has 0 aliphatic carbocycles. The van der Waals surface area contributed by atoms with Crippen molar-refractivity contribution in [2.75, 3.05) is 26.2 Å². The van der Waals surface area contributed by atoms with Gasteiger partial charge in [0.15, 0.2) is 0 Å². The molecule has 3 N–H and O–H groups in total. The third-order valence-electron chi connectivity index (χ3n) is 2.71. The number of likely N-dealkylation sites (N-methyl/N-ethyl adjacent to an activating group) is 1. The van der Waals surface area contributed by atoms with E-state index in [0.29, 0.717) is 32.0 Å². The number of amides is 1. The first-order valence-electron chi connectivity index (χ1n) is 6.13. The number of carbonyl (C=O) groups is 1. The van der Waals surface area contributed by atoms with E-state index in [-0.39, 0.29) is 18.4 Å². The molecular weight excluding hydrogens is 204 g/mol. The van der Waals surface area contributed by atoms with Crippen LogP contribution in [0.2, 0.25) is 0 Å². The lowest BCUT2D eigenvalue weighted by molar-refractivity contribution is -0.132. The van der Waals surface area contributed by atoms with E-state index in [2.05, 4.69) is 13.8 Å². The van der Waals surface area contributed by atoms with E-state index >= 15 is 0 Å². The van der Waals surface area contributed by atoms with Crippen LogP contribution in [0.3, 0.4) is 0 Å². The Kier molecular flexibility index (Phi) is 8.21. The van der Waals surface area contributed by atoms with Gasteiger partial charge in [0.05, 0.1) is 6.61 Å². The van der Waals surface area contributed by atoms with E-state index in [0.717, 1.165) is 6.42 Å². The molecule has 1 atom stereocenters. The van der Waals surface area contributed by atoms with Crippen LogP contribution in [0.15, 0.2) is 0 Å². The zero-order chi connectivity index (χ0) is 12.6. The van der Waals surface area contributed by atoms with E-state index in [1.54, 1.807) is 4.90 Å². The maximum atomic E-state index is 11.9. The average molecular weight is 230 g/mol. The second kappa shape index (κ2) is 8.53. The maximum absolute atomic E-state index is 11.9. The van der Waals surface area contributed by atoms with Crippen LogP contribution in [0.25, 0.3) is 0 Å². The number of aliphatic hydroxyl groups excluding tert-OH is 1. The van der Waals surface area contributed by atoms with Crippen molar-refractivity contribution in [3.05, 3.63) is 0 Å². The maximum Gasteiger partial charge on any atom is 0.222 e. The average Bonchev–Trinajstić information content (AvgIpc) is 2.23. The van der Waals surface area contributed by atoms with Crippen molar-refractivity contribution >= 4 is 5.91 Å². The fourth-order valence-electron chi connectivity index (χ4n) is 1.89. The summed E-state index contributed by atoms with van der Waals surface area (Å²) in [5, 5.41) is 8.83. The number of nitrogens with zero attached hydrogens (tertiary/aromatic N) is 1. The summed E-state index contributed by atoms with van der Waals surface area (Å²) in [7, 11) is 0. The Morgan fingerprint density at radius 3 is 2.44 bits per heavy atom. The number of rotatable bonds is 8. The van der Waals surface area contributed by atoms with Crippen LogP contribution < -0.4 is 5.73 Å². The SMILES string of the molecule is CCN(CCO)C(=O)CC(CN)CC(C)C. The lowest BCUT2D eigenvalue weighted by Crippen LogP contribution is -2.35. The fraction of sp³-hybridized carbons (Fsp3) is 0.917. The van der Waals surface area contributed by atoms with Gasteiger partial charge in [0, 0.05) is 19.5 Å². The largest absolute Gasteiger partial charge is 0.395 e. The molecule has 0 aromatic heterocycles. The minimum absolute atomic E-state index is 0.0249. The second-order valence-corrected chi connectivity index (χ2v) is 4.63. The Hall–Kier alpha value is -0.610. The molecule has 0 radical (unpaired) electrons. The molecule has 0 saturated carbocycles. The van der Waals surface area contributed by atoms with Gasteiger partial charge in [0.2, 0.25) is 5.91 Å². The van der Waals surface area contributed by atoms with Crippen LogP contribution in [0.4, 0.5) is 0 Å². The molecule has 4 heteroatoms. The van der Waals surface area contributed by atoms with Crippen LogP contribution in [-0.2, 0) is 4.79 Å². The quantitative estimate of drug-likeness (QED) is 0.649. The van der Waals surface area contributed by atoms with Crippen molar-refractivity contribution in [3.63, 3.8) is 0 Å². The Labute approximate surface area is 98.8 Å². The lowest BCUT2D eigenvalue weighted by Gasteiger charge is -2.23. The van der Waals surface area contributed by atoms with Crippen molar-refractivity contribution < 1.29 is 9.90 Å². The van der Waals surface area contributed by atoms with Gasteiger partial charge < -0.3 is 15.7 Å². The molecule has 0 heterocycles. The molecule has 0 aromatic rings. The smallest absolute Gasteiger partial charge is 0.222 e. The van der Waals surface area contributed by atoms with E-state index in [1.165, 1.54) is 0 Å². The van der Waals surface area contributed by atoms with E-state index < -0.39 is 0 Å². The number of hydrogen-bond donors (Lipinski definition) is 2. The van der Waals surface area contributed by atoms with Crippen molar-refractivity contribution in [2.45, 2.75) is 33.6 Å². The summed E-state index contributed by atoms with van der Waals surface area (Å²) in [5.41, 5.74) is 5.66. The highest BCUT2D eigenvalue weighted by Gasteiger charge is 2.17. The highest BCUT2D eigenvalue weighted by molar-refractivity contribution is 5.76. The van der Waals surface area contributed by atoms with Gasteiger partial charge >= 0.3 is 0 Å². The van der Waals surface area contributed by atoms with Crippen molar-refractivity contribution in [1.29, 1.82) is 0 Å². The number of aliphatic hydroxyl groups is 1. The first-order chi connectivity index (χ1) is 7.54. The zero-order valence-corrected chi connectivity index (χ0v) is 10.8. The monoisotopic (exact) mass is 230 g/mol. The van der Waals surface area contributed by atoms with Gasteiger partial charge in [-0.1, -0.05) is 13.8 Å². The molecule has 16 heavy (non-hydrogen) atoms. The predicted octanol–water partition coefficient (Wildman–Crippen LogP) is 0.838. The van der Waals surface area contributed by atoms with Crippen LogP contribution >= 0.6 is 0 Å². The van der Waals surface area contributed by atoms with Gasteiger partial charge in [0.1, 0.15) is 0 Å². The summed E-state index contributed by atoms with van der Waals surface area (Å²) >= 11 is 0. The summed E-state index contributed by atoms with van der Waals surface area (Å²) in [5.74, 6) is 0.933. The highest BCUT2D eigenvalue weighted by atomic mass is 16.3. The minimum atomic E-state index is 0.0249. The highest BCUT2D eigenvalue weighted by Crippen LogP contribution is 2.15. The first kappa shape index (κ1) is 15.4. The van der Waals surface area contributed by atoms with Crippen molar-refractivity contribution in [2.24, 2.45) is 17.6 Å². The third-order valence-corrected chi connectivity index (χ3v) is 2.71. The van der Waals surface area contributed by atoms with Gasteiger partial charge in [-0.25, -0.2) is 0 Å². The Balaban J connectivity index is 4.16. The molecular formula is C12H26N2O2. The molecule has 0 bridgehead atoms. The summed E-state index contributed by atoms with van der Waals surface area (Å²) in [6.45, 7) is 7.86. The minimum Gasteiger partial charge on any atom is -0.395 e. The molecule has 0 aromatic carbocycles. The van der Waals surface area contributed by atoms with Crippen molar-refractivity contribution in [3.8, 4) is 0 Å². The first-order valence-corrected chi connectivity index (χ1v) is 6.13. The fourth-order valence-corrected chi connectivity index (χ4v) is 1.89. The standard InChI is InChI=1S/C12H26N2O2/c1-4-14(5-6-15)12(16)8-11(9-13)7-10(2)3/h10-11,15H,4-9,13H2,1-3H3. The van der Waals surface area contributed by atoms with Crippen molar-refractivity contribution in [1.82, 2.24) is 4.90 Å². The molecule has 0 aliphatic rings. The van der Waals surface area contributed by atoms with E-state index in [4.69, 9.17) is 10.8 Å². The van der Waals surface area contributed by atoms with Gasteiger partial charge in [-0.2, -0.15) is 0 Å². The van der Waals surface area contributed by atoms with Crippen LogP contribution in [0.1, 0.15) is 33.6 Å². The second-order valence-electron chi connectivity index (χ2n) is 4.63. The molecule has 96 valence electrons. The van der Waals surface area contributed by atoms with Gasteiger partial charge in [-0.15, -0.1) is 0 Å². The molecule has 0 fully saturated rings. The predicted molar refractivity (Wildman–Crippen MR) is 66.0 cm³/mol. The summed E-state index contributed by atoms with van der Waals surface area (Å²) < 4.78 is 0. The third kappa shape index (κ3) is 6.08. The summed E-state index contributed by atoms with van der Waals surface area (Å²) in [6.07, 6.45) is 1.49. The van der Waals surface area contributed by atoms with Crippen LogP contribution in [-0.4, -0.2) is 42.2 Å². The summed E-state index contributed by atoms with van der Waals surface area (Å²) in [6, 6.07) is 0. The normalized spacial score (nSPS) is 12.9. The molecule has 4 nitrogen and oxygen atoms in total. The Morgan fingerprint density at radius 2 is 2.06 bits per heavy atom. The molecule has 0 spiro atoms. The van der Waals surface area contributed by atoms with Gasteiger partial charge in [0.25, 0.3) is 0 Å². The number of carbonyl (C=O) groups excluding carboxylic acids is 1. The van der Waals surface area contributed by atoms with E-state index in [9.17, 15) is 4.79 Å².